The highest BCUT2D eigenvalue weighted by Gasteiger charge is 2.22. The molecule has 0 aliphatic heterocycles. The number of nitrogens with one attached hydrogen (secondary N) is 1. The Morgan fingerprint density at radius 2 is 1.72 bits per heavy atom. The van der Waals surface area contributed by atoms with Crippen LogP contribution in [0, 0.1) is 0 Å². The average Bonchev–Trinajstić information content (AvgIpc) is 3.12. The Morgan fingerprint density at radius 1 is 1.07 bits per heavy atom. The Labute approximate surface area is 172 Å². The van der Waals surface area contributed by atoms with Crippen LogP contribution in [0.4, 0.5) is 5.82 Å². The molecule has 0 aliphatic rings. The van der Waals surface area contributed by atoms with Gasteiger partial charge in [0, 0.05) is 23.9 Å². The monoisotopic (exact) mass is 391 g/mol. The van der Waals surface area contributed by atoms with Gasteiger partial charge in [-0.05, 0) is 30.0 Å². The fourth-order valence-electron chi connectivity index (χ4n) is 2.97. The molecule has 1 amide bonds. The number of carbonyl (C=O) groups excluding carboxylic acids is 1. The van der Waals surface area contributed by atoms with Gasteiger partial charge in [-0.25, -0.2) is 9.97 Å². The Kier molecular flexibility index (Phi) is 6.42. The maximum absolute atomic E-state index is 12.7. The first-order valence-corrected chi connectivity index (χ1v) is 10.1. The van der Waals surface area contributed by atoms with Gasteiger partial charge >= 0.3 is 0 Å². The maximum atomic E-state index is 12.7. The van der Waals surface area contributed by atoms with Crippen molar-refractivity contribution in [2.24, 2.45) is 0 Å². The van der Waals surface area contributed by atoms with Crippen molar-refractivity contribution in [2.45, 2.75) is 58.8 Å². The van der Waals surface area contributed by atoms with Crippen LogP contribution in [-0.4, -0.2) is 25.7 Å². The summed E-state index contributed by atoms with van der Waals surface area (Å²) in [6.07, 6.45) is 7.06. The van der Waals surface area contributed by atoms with E-state index < -0.39 is 0 Å². The highest BCUT2D eigenvalue weighted by atomic mass is 16.1. The van der Waals surface area contributed by atoms with Crippen molar-refractivity contribution in [1.82, 2.24) is 19.7 Å². The second-order valence-electron chi connectivity index (χ2n) is 8.27. The largest absolute Gasteiger partial charge is 0.310 e. The Bertz CT molecular complexity index is 940. The van der Waals surface area contributed by atoms with Crippen LogP contribution in [0.25, 0.3) is 5.95 Å². The molecule has 0 saturated carbocycles. The van der Waals surface area contributed by atoms with Gasteiger partial charge in [0.15, 0.2) is 0 Å². The number of rotatable bonds is 7. The van der Waals surface area contributed by atoms with E-state index in [9.17, 15) is 4.79 Å². The molecule has 0 saturated heterocycles. The lowest BCUT2D eigenvalue weighted by Gasteiger charge is -2.13. The Hall–Kier alpha value is -3.02. The van der Waals surface area contributed by atoms with Crippen LogP contribution in [0.5, 0.6) is 0 Å². The number of hydrogen-bond donors (Lipinski definition) is 1. The third kappa shape index (κ3) is 5.50. The van der Waals surface area contributed by atoms with Gasteiger partial charge in [0.25, 0.3) is 5.95 Å². The molecule has 29 heavy (non-hydrogen) atoms. The van der Waals surface area contributed by atoms with E-state index in [4.69, 9.17) is 0 Å². The van der Waals surface area contributed by atoms with Crippen molar-refractivity contribution < 1.29 is 4.79 Å². The number of anilines is 1. The Balaban J connectivity index is 1.76. The summed E-state index contributed by atoms with van der Waals surface area (Å²) in [7, 11) is 0. The molecule has 6 heteroatoms. The van der Waals surface area contributed by atoms with Gasteiger partial charge in [-0.1, -0.05) is 58.4 Å². The first-order valence-electron chi connectivity index (χ1n) is 10.1. The molecular weight excluding hydrogens is 362 g/mol. The molecule has 0 fully saturated rings. The third-order valence-corrected chi connectivity index (χ3v) is 4.69. The number of benzene rings is 1. The van der Waals surface area contributed by atoms with Crippen molar-refractivity contribution in [3.8, 4) is 5.95 Å². The summed E-state index contributed by atoms with van der Waals surface area (Å²) >= 11 is 0. The lowest BCUT2D eigenvalue weighted by molar-refractivity contribution is -0.115. The molecular formula is C23H29N5O. The minimum atomic E-state index is -0.159. The summed E-state index contributed by atoms with van der Waals surface area (Å²) in [5, 5.41) is 7.61. The number of hydrogen-bond acceptors (Lipinski definition) is 4. The number of amides is 1. The molecule has 0 spiro atoms. The smallest absolute Gasteiger partial charge is 0.252 e. The first kappa shape index (κ1) is 20.7. The summed E-state index contributed by atoms with van der Waals surface area (Å²) in [4.78, 5) is 21.2. The molecule has 2 aromatic heterocycles. The van der Waals surface area contributed by atoms with E-state index in [1.807, 2.05) is 18.2 Å². The molecule has 0 bridgehead atoms. The highest BCUT2D eigenvalue weighted by molar-refractivity contribution is 5.91. The topological polar surface area (TPSA) is 72.7 Å². The number of aromatic nitrogens is 4. The van der Waals surface area contributed by atoms with Crippen LogP contribution < -0.4 is 5.32 Å². The molecule has 1 aromatic carbocycles. The standard InChI is InChI=1S/C23H29N5O/c1-5-6-8-17-9-11-18(12-10-17)15-21(29)26-20-16-19(23(2,3)4)27-28(20)22-24-13-7-14-25-22/h7,9-14,16H,5-6,8,15H2,1-4H3,(H,26,29). The zero-order chi connectivity index (χ0) is 20.9. The summed E-state index contributed by atoms with van der Waals surface area (Å²) in [5.41, 5.74) is 3.00. The van der Waals surface area contributed by atoms with Gasteiger partial charge in [0.1, 0.15) is 5.82 Å². The van der Waals surface area contributed by atoms with Gasteiger partial charge in [-0.2, -0.15) is 9.78 Å². The third-order valence-electron chi connectivity index (χ3n) is 4.69. The predicted molar refractivity (Wildman–Crippen MR) is 115 cm³/mol. The number of unbranched alkanes of at least 4 members (excludes halogenated alkanes) is 1. The number of aryl methyl sites for hydroxylation is 1. The van der Waals surface area contributed by atoms with Crippen molar-refractivity contribution in [2.75, 3.05) is 5.32 Å². The van der Waals surface area contributed by atoms with Gasteiger partial charge < -0.3 is 5.32 Å². The number of carbonyl (C=O) groups is 1. The molecule has 0 radical (unpaired) electrons. The van der Waals surface area contributed by atoms with Gasteiger partial charge in [-0.3, -0.25) is 4.79 Å². The molecule has 6 nitrogen and oxygen atoms in total. The van der Waals surface area contributed by atoms with Crippen LogP contribution in [0.1, 0.15) is 57.4 Å². The van der Waals surface area contributed by atoms with Crippen LogP contribution >= 0.6 is 0 Å². The van der Waals surface area contributed by atoms with Gasteiger partial charge in [-0.15, -0.1) is 0 Å². The second kappa shape index (κ2) is 8.99. The van der Waals surface area contributed by atoms with Crippen molar-refractivity contribution >= 4 is 11.7 Å². The molecule has 3 rings (SSSR count). The molecule has 0 unspecified atom stereocenters. The molecule has 0 aliphatic carbocycles. The van der Waals surface area contributed by atoms with E-state index in [-0.39, 0.29) is 11.3 Å². The quantitative estimate of drug-likeness (QED) is 0.644. The normalized spacial score (nSPS) is 11.4. The van der Waals surface area contributed by atoms with Crippen LogP contribution in [0.15, 0.2) is 48.8 Å². The zero-order valence-electron chi connectivity index (χ0n) is 17.6. The van der Waals surface area contributed by atoms with E-state index in [0.717, 1.165) is 17.7 Å². The van der Waals surface area contributed by atoms with E-state index in [2.05, 4.69) is 60.2 Å². The second-order valence-corrected chi connectivity index (χ2v) is 8.27. The fourth-order valence-corrected chi connectivity index (χ4v) is 2.97. The highest BCUT2D eigenvalue weighted by Crippen LogP contribution is 2.25. The number of nitrogens with zero attached hydrogens (tertiary/aromatic N) is 4. The van der Waals surface area contributed by atoms with Crippen molar-refractivity contribution in [1.29, 1.82) is 0 Å². The van der Waals surface area contributed by atoms with E-state index in [1.165, 1.54) is 18.4 Å². The van der Waals surface area contributed by atoms with E-state index in [1.54, 1.807) is 23.1 Å². The molecule has 2 heterocycles. The summed E-state index contributed by atoms with van der Waals surface area (Å²) in [6.45, 7) is 8.43. The van der Waals surface area contributed by atoms with Gasteiger partial charge in [0.05, 0.1) is 12.1 Å². The first-order chi connectivity index (χ1) is 13.9. The summed E-state index contributed by atoms with van der Waals surface area (Å²) in [6, 6.07) is 11.9. The lowest BCUT2D eigenvalue weighted by Crippen LogP contribution is -2.18. The van der Waals surface area contributed by atoms with Gasteiger partial charge in [0.2, 0.25) is 5.91 Å². The SMILES string of the molecule is CCCCc1ccc(CC(=O)Nc2cc(C(C)(C)C)nn2-c2ncccn2)cc1. The maximum Gasteiger partial charge on any atom is 0.252 e. The summed E-state index contributed by atoms with van der Waals surface area (Å²) in [5.74, 6) is 0.910. The fraction of sp³-hybridized carbons (Fsp3) is 0.391. The van der Waals surface area contributed by atoms with Crippen LogP contribution in [-0.2, 0) is 23.1 Å². The molecule has 3 aromatic rings. The molecule has 1 N–H and O–H groups in total. The molecule has 152 valence electrons. The predicted octanol–water partition coefficient (Wildman–Crippen LogP) is 4.48. The average molecular weight is 392 g/mol. The van der Waals surface area contributed by atoms with E-state index >= 15 is 0 Å². The zero-order valence-corrected chi connectivity index (χ0v) is 17.6. The Morgan fingerprint density at radius 3 is 2.34 bits per heavy atom. The van der Waals surface area contributed by atoms with Crippen molar-refractivity contribution in [3.63, 3.8) is 0 Å². The summed E-state index contributed by atoms with van der Waals surface area (Å²) < 4.78 is 1.59. The minimum Gasteiger partial charge on any atom is -0.310 e. The minimum absolute atomic E-state index is 0.0937. The van der Waals surface area contributed by atoms with Crippen molar-refractivity contribution in [3.05, 3.63) is 65.6 Å². The van der Waals surface area contributed by atoms with E-state index in [0.29, 0.717) is 18.2 Å². The van der Waals surface area contributed by atoms with Crippen LogP contribution in [0.3, 0.4) is 0 Å². The van der Waals surface area contributed by atoms with Crippen LogP contribution in [0.2, 0.25) is 0 Å². The molecule has 0 atom stereocenters. The lowest BCUT2D eigenvalue weighted by atomic mass is 9.92.